The predicted octanol–water partition coefficient (Wildman–Crippen LogP) is 1.20. The first-order valence-electron chi connectivity index (χ1n) is 6.02. The Morgan fingerprint density at radius 3 is 2.35 bits per heavy atom. The summed E-state index contributed by atoms with van der Waals surface area (Å²) in [4.78, 5) is 12.0. The molecule has 6 nitrogen and oxygen atoms in total. The second kappa shape index (κ2) is 8.78. The zero-order valence-electron chi connectivity index (χ0n) is 11.4. The normalized spacial score (nSPS) is 10.2. The molecule has 0 unspecified atom stereocenters. The van der Waals surface area contributed by atoms with Crippen molar-refractivity contribution in [2.75, 3.05) is 40.6 Å². The molecule has 0 saturated carbocycles. The van der Waals surface area contributed by atoms with E-state index in [0.29, 0.717) is 34.7 Å². The summed E-state index contributed by atoms with van der Waals surface area (Å²) >= 11 is 3.34. The number of carbonyl (C=O) groups is 1. The topological polar surface area (TPSA) is 77.0 Å². The van der Waals surface area contributed by atoms with Gasteiger partial charge >= 0.3 is 0 Å². The Kier molecular flexibility index (Phi) is 7.35. The molecule has 0 fully saturated rings. The molecule has 0 saturated heterocycles. The van der Waals surface area contributed by atoms with Gasteiger partial charge in [-0.1, -0.05) is 0 Å². The van der Waals surface area contributed by atoms with Gasteiger partial charge in [0.2, 0.25) is 0 Å². The second-order valence-electron chi connectivity index (χ2n) is 3.79. The third-order valence-electron chi connectivity index (χ3n) is 2.48. The van der Waals surface area contributed by atoms with Crippen molar-refractivity contribution in [2.45, 2.75) is 0 Å². The lowest BCUT2D eigenvalue weighted by molar-refractivity contribution is 0.0837. The standard InChI is InChI=1S/C13H18BrNO5/c1-18-10-7-9(8-11(19-2)12(10)14)13(17)15-3-5-20-6-4-16/h7-8,16H,3-6H2,1-2H3,(H,15,17). The molecule has 1 aromatic rings. The minimum atomic E-state index is -0.248. The Hall–Kier alpha value is -1.31. The van der Waals surface area contributed by atoms with Crippen LogP contribution in [-0.4, -0.2) is 51.6 Å². The smallest absolute Gasteiger partial charge is 0.251 e. The van der Waals surface area contributed by atoms with Crippen LogP contribution in [0.2, 0.25) is 0 Å². The van der Waals surface area contributed by atoms with E-state index in [2.05, 4.69) is 21.2 Å². The number of hydrogen-bond acceptors (Lipinski definition) is 5. The van der Waals surface area contributed by atoms with Gasteiger partial charge in [-0.15, -0.1) is 0 Å². The summed E-state index contributed by atoms with van der Waals surface area (Å²) in [7, 11) is 3.04. The Labute approximate surface area is 126 Å². The SMILES string of the molecule is COc1cc(C(=O)NCCOCCO)cc(OC)c1Br. The Morgan fingerprint density at radius 2 is 1.85 bits per heavy atom. The van der Waals surface area contributed by atoms with Crippen molar-refractivity contribution in [3.8, 4) is 11.5 Å². The van der Waals surface area contributed by atoms with Gasteiger partial charge < -0.3 is 24.6 Å². The summed E-state index contributed by atoms with van der Waals surface area (Å²) < 4.78 is 16.1. The fourth-order valence-electron chi connectivity index (χ4n) is 1.51. The first-order chi connectivity index (χ1) is 9.63. The molecule has 2 N–H and O–H groups in total. The molecule has 0 atom stereocenters. The first kappa shape index (κ1) is 16.7. The molecule has 1 rings (SSSR count). The lowest BCUT2D eigenvalue weighted by Gasteiger charge is -2.11. The monoisotopic (exact) mass is 347 g/mol. The molecule has 112 valence electrons. The van der Waals surface area contributed by atoms with Gasteiger partial charge in [0.05, 0.1) is 34.0 Å². The van der Waals surface area contributed by atoms with E-state index in [4.69, 9.17) is 19.3 Å². The van der Waals surface area contributed by atoms with Crippen LogP contribution in [0.25, 0.3) is 0 Å². The zero-order chi connectivity index (χ0) is 15.0. The number of aliphatic hydroxyl groups is 1. The van der Waals surface area contributed by atoms with E-state index in [-0.39, 0.29) is 19.1 Å². The van der Waals surface area contributed by atoms with E-state index in [0.717, 1.165) is 0 Å². The minimum Gasteiger partial charge on any atom is -0.495 e. The van der Waals surface area contributed by atoms with Gasteiger partial charge in [-0.05, 0) is 28.1 Å². The molecule has 0 heterocycles. The summed E-state index contributed by atoms with van der Waals surface area (Å²) in [5.74, 6) is 0.791. The van der Waals surface area contributed by atoms with E-state index in [9.17, 15) is 4.79 Å². The maximum atomic E-state index is 12.0. The lowest BCUT2D eigenvalue weighted by Crippen LogP contribution is -2.27. The van der Waals surface area contributed by atoms with Gasteiger partial charge in [0.1, 0.15) is 16.0 Å². The molecule has 0 spiro atoms. The number of aliphatic hydroxyl groups excluding tert-OH is 1. The molecular weight excluding hydrogens is 330 g/mol. The largest absolute Gasteiger partial charge is 0.495 e. The Balaban J connectivity index is 2.68. The van der Waals surface area contributed by atoms with Crippen LogP contribution in [-0.2, 0) is 4.74 Å². The Morgan fingerprint density at radius 1 is 1.25 bits per heavy atom. The number of amides is 1. The van der Waals surface area contributed by atoms with Crippen LogP contribution < -0.4 is 14.8 Å². The van der Waals surface area contributed by atoms with Crippen molar-refractivity contribution in [3.63, 3.8) is 0 Å². The van der Waals surface area contributed by atoms with Gasteiger partial charge in [0.15, 0.2) is 0 Å². The summed E-state index contributed by atoms with van der Waals surface area (Å²) in [5.41, 5.74) is 0.434. The van der Waals surface area contributed by atoms with Crippen LogP contribution in [0.15, 0.2) is 16.6 Å². The van der Waals surface area contributed by atoms with E-state index in [1.807, 2.05) is 0 Å². The van der Waals surface area contributed by atoms with Crippen LogP contribution in [0.3, 0.4) is 0 Å². The molecule has 20 heavy (non-hydrogen) atoms. The van der Waals surface area contributed by atoms with Crippen LogP contribution in [0, 0.1) is 0 Å². The minimum absolute atomic E-state index is 0.0327. The summed E-state index contributed by atoms with van der Waals surface area (Å²) in [6.45, 7) is 0.932. The number of hydrogen-bond donors (Lipinski definition) is 2. The van der Waals surface area contributed by atoms with Crippen molar-refractivity contribution < 1.29 is 24.1 Å². The van der Waals surface area contributed by atoms with Crippen LogP contribution >= 0.6 is 15.9 Å². The van der Waals surface area contributed by atoms with E-state index in [1.54, 1.807) is 12.1 Å². The number of ether oxygens (including phenoxy) is 3. The lowest BCUT2D eigenvalue weighted by atomic mass is 10.2. The third kappa shape index (κ3) is 4.66. The summed E-state index contributed by atoms with van der Waals surface area (Å²) in [6.07, 6.45) is 0. The van der Waals surface area contributed by atoms with Gasteiger partial charge in [0.25, 0.3) is 5.91 Å². The fourth-order valence-corrected chi connectivity index (χ4v) is 2.06. The average molecular weight is 348 g/mol. The number of nitrogens with one attached hydrogen (secondary N) is 1. The fraction of sp³-hybridized carbons (Fsp3) is 0.462. The van der Waals surface area contributed by atoms with Gasteiger partial charge in [0, 0.05) is 12.1 Å². The zero-order valence-corrected chi connectivity index (χ0v) is 13.0. The summed E-state index contributed by atoms with van der Waals surface area (Å²) in [5, 5.41) is 11.3. The highest BCUT2D eigenvalue weighted by atomic mass is 79.9. The molecular formula is C13H18BrNO5. The highest BCUT2D eigenvalue weighted by molar-refractivity contribution is 9.10. The quantitative estimate of drug-likeness (QED) is 0.691. The second-order valence-corrected chi connectivity index (χ2v) is 4.58. The Bertz CT molecular complexity index is 427. The van der Waals surface area contributed by atoms with Crippen molar-refractivity contribution in [1.29, 1.82) is 0 Å². The molecule has 0 aliphatic carbocycles. The van der Waals surface area contributed by atoms with E-state index >= 15 is 0 Å². The maximum absolute atomic E-state index is 12.0. The molecule has 0 aromatic heterocycles. The number of carbonyl (C=O) groups excluding carboxylic acids is 1. The van der Waals surface area contributed by atoms with Gasteiger partial charge in [-0.2, -0.15) is 0 Å². The van der Waals surface area contributed by atoms with Crippen molar-refractivity contribution in [1.82, 2.24) is 5.32 Å². The number of methoxy groups -OCH3 is 2. The highest BCUT2D eigenvalue weighted by Gasteiger charge is 2.14. The molecule has 1 aromatic carbocycles. The molecule has 0 radical (unpaired) electrons. The van der Waals surface area contributed by atoms with E-state index < -0.39 is 0 Å². The number of benzene rings is 1. The van der Waals surface area contributed by atoms with Crippen LogP contribution in [0.1, 0.15) is 10.4 Å². The molecule has 0 aliphatic rings. The molecule has 0 aliphatic heterocycles. The van der Waals surface area contributed by atoms with Crippen LogP contribution in [0.5, 0.6) is 11.5 Å². The maximum Gasteiger partial charge on any atom is 0.251 e. The van der Waals surface area contributed by atoms with Gasteiger partial charge in [-0.3, -0.25) is 4.79 Å². The molecule has 7 heteroatoms. The highest BCUT2D eigenvalue weighted by Crippen LogP contribution is 2.35. The number of halogens is 1. The average Bonchev–Trinajstić information content (AvgIpc) is 2.47. The van der Waals surface area contributed by atoms with Crippen molar-refractivity contribution >= 4 is 21.8 Å². The van der Waals surface area contributed by atoms with Crippen LogP contribution in [0.4, 0.5) is 0 Å². The van der Waals surface area contributed by atoms with Gasteiger partial charge in [-0.25, -0.2) is 0 Å². The van der Waals surface area contributed by atoms with E-state index in [1.165, 1.54) is 14.2 Å². The molecule has 1 amide bonds. The first-order valence-corrected chi connectivity index (χ1v) is 6.81. The predicted molar refractivity (Wildman–Crippen MR) is 77.5 cm³/mol. The summed E-state index contributed by atoms with van der Waals surface area (Å²) in [6, 6.07) is 3.24. The van der Waals surface area contributed by atoms with Crippen molar-refractivity contribution in [2.24, 2.45) is 0 Å². The van der Waals surface area contributed by atoms with Crippen molar-refractivity contribution in [3.05, 3.63) is 22.2 Å². The molecule has 0 bridgehead atoms. The number of rotatable bonds is 8. The third-order valence-corrected chi connectivity index (χ3v) is 3.26.